The van der Waals surface area contributed by atoms with Crippen molar-refractivity contribution < 1.29 is 0 Å². The second kappa shape index (κ2) is 9.92. The highest BCUT2D eigenvalue weighted by molar-refractivity contribution is 7.27. The van der Waals surface area contributed by atoms with Crippen molar-refractivity contribution in [2.45, 2.75) is 0 Å². The van der Waals surface area contributed by atoms with Crippen molar-refractivity contribution in [2.24, 2.45) is 0 Å². The summed E-state index contributed by atoms with van der Waals surface area (Å²) >= 11 is 1.87. The Bertz CT molecular complexity index is 2860. The molecular weight excluding hydrogens is 591 g/mol. The van der Waals surface area contributed by atoms with E-state index >= 15 is 0 Å². The van der Waals surface area contributed by atoms with E-state index in [1.807, 2.05) is 17.4 Å². The van der Waals surface area contributed by atoms with Crippen LogP contribution in [-0.2, 0) is 0 Å². The monoisotopic (exact) mass is 615 g/mol. The molecule has 0 aliphatic carbocycles. The van der Waals surface area contributed by atoms with E-state index in [-0.39, 0.29) is 0 Å². The van der Waals surface area contributed by atoms with E-state index < -0.39 is 0 Å². The number of hydrogen-bond donors (Lipinski definition) is 0. The van der Waals surface area contributed by atoms with E-state index in [4.69, 9.17) is 6.57 Å². The van der Waals surface area contributed by atoms with Gasteiger partial charge in [0.2, 0.25) is 0 Å². The average molecular weight is 616 g/mol. The minimum atomic E-state index is 0.628. The first-order valence-corrected chi connectivity index (χ1v) is 16.5. The Balaban J connectivity index is 1.32. The smallest absolute Gasteiger partial charge is 0.189 e. The summed E-state index contributed by atoms with van der Waals surface area (Å²) in [6.45, 7) is 7.90. The maximum absolute atomic E-state index is 7.90. The van der Waals surface area contributed by atoms with Crippen LogP contribution in [0.15, 0.2) is 152 Å². The van der Waals surface area contributed by atoms with Gasteiger partial charge in [0.1, 0.15) is 0 Å². The summed E-state index contributed by atoms with van der Waals surface area (Å²) in [5.74, 6) is 0. The van der Waals surface area contributed by atoms with Crippen LogP contribution in [0.25, 0.3) is 91.1 Å². The Morgan fingerprint density at radius 2 is 1.02 bits per heavy atom. The molecule has 3 nitrogen and oxygen atoms in total. The van der Waals surface area contributed by atoms with E-state index in [0.717, 1.165) is 28.0 Å². The lowest BCUT2D eigenvalue weighted by molar-refractivity contribution is 1.18. The summed E-state index contributed by atoms with van der Waals surface area (Å²) in [6.07, 6.45) is 0. The number of para-hydroxylation sites is 4. The van der Waals surface area contributed by atoms with Crippen molar-refractivity contribution in [2.75, 3.05) is 0 Å². The zero-order valence-electron chi connectivity index (χ0n) is 25.2. The SMILES string of the molecule is [C-]#[N+]c1ccc(-c2cccc3c2sc2c3ccc3c4ccccc4n(-c4ccccc4)c32)c(-n2c3ccccc3c3ccccc32)c1. The lowest BCUT2D eigenvalue weighted by Crippen LogP contribution is -1.97. The fourth-order valence-corrected chi connectivity index (χ4v) is 8.91. The molecule has 4 heteroatoms. The fourth-order valence-electron chi connectivity index (χ4n) is 7.55. The van der Waals surface area contributed by atoms with Gasteiger partial charge in [-0.15, -0.1) is 11.3 Å². The molecule has 0 bridgehead atoms. The normalized spacial score (nSPS) is 11.8. The van der Waals surface area contributed by atoms with Gasteiger partial charge in [-0.25, -0.2) is 4.85 Å². The van der Waals surface area contributed by atoms with E-state index in [2.05, 4.69) is 160 Å². The van der Waals surface area contributed by atoms with E-state index in [0.29, 0.717) is 5.69 Å². The predicted octanol–water partition coefficient (Wildman–Crippen LogP) is 12.5. The molecule has 3 aromatic heterocycles. The molecule has 0 aliphatic rings. The Morgan fingerprint density at radius 1 is 0.447 bits per heavy atom. The van der Waals surface area contributed by atoms with Crippen molar-refractivity contribution in [3.05, 3.63) is 163 Å². The maximum atomic E-state index is 7.90. The Hall–Kier alpha value is -6.15. The van der Waals surface area contributed by atoms with Crippen LogP contribution in [0, 0.1) is 6.57 Å². The summed E-state index contributed by atoms with van der Waals surface area (Å²) in [7, 11) is 0. The van der Waals surface area contributed by atoms with Crippen LogP contribution in [0.3, 0.4) is 0 Å². The Kier molecular flexibility index (Phi) is 5.51. The number of fused-ring (bicyclic) bond motifs is 10. The molecule has 0 aliphatic heterocycles. The predicted molar refractivity (Wildman–Crippen MR) is 200 cm³/mol. The Labute approximate surface area is 274 Å². The van der Waals surface area contributed by atoms with Crippen molar-refractivity contribution in [1.29, 1.82) is 0 Å². The highest BCUT2D eigenvalue weighted by atomic mass is 32.1. The topological polar surface area (TPSA) is 14.2 Å². The van der Waals surface area contributed by atoms with Gasteiger partial charge in [-0.1, -0.05) is 115 Å². The number of hydrogen-bond acceptors (Lipinski definition) is 1. The first-order chi connectivity index (χ1) is 23.3. The molecule has 0 spiro atoms. The zero-order chi connectivity index (χ0) is 31.1. The second-order valence-corrected chi connectivity index (χ2v) is 13.0. The quantitative estimate of drug-likeness (QED) is 0.176. The molecular formula is C43H25N3S. The molecule has 10 rings (SSSR count). The maximum Gasteiger partial charge on any atom is 0.189 e. The lowest BCUT2D eigenvalue weighted by atomic mass is 10.00. The van der Waals surface area contributed by atoms with Crippen molar-refractivity contribution in [3.63, 3.8) is 0 Å². The van der Waals surface area contributed by atoms with Crippen LogP contribution in [0.2, 0.25) is 0 Å². The van der Waals surface area contributed by atoms with Gasteiger partial charge in [0, 0.05) is 59.5 Å². The molecule has 0 saturated heterocycles. The molecule has 218 valence electrons. The molecule has 0 atom stereocenters. The fraction of sp³-hybridized carbons (Fsp3) is 0. The third kappa shape index (κ3) is 3.66. The molecule has 47 heavy (non-hydrogen) atoms. The number of nitrogens with zero attached hydrogens (tertiary/aromatic N) is 3. The summed E-state index contributed by atoms with van der Waals surface area (Å²) in [6, 6.07) is 54.0. The van der Waals surface area contributed by atoms with Crippen molar-refractivity contribution in [3.8, 4) is 22.5 Å². The number of benzene rings is 7. The second-order valence-electron chi connectivity index (χ2n) is 12.0. The number of rotatable bonds is 3. The summed E-state index contributed by atoms with van der Waals surface area (Å²) in [5.41, 5.74) is 9.81. The summed E-state index contributed by atoms with van der Waals surface area (Å²) < 4.78 is 7.29. The molecule has 0 fully saturated rings. The van der Waals surface area contributed by atoms with Gasteiger partial charge in [0.15, 0.2) is 5.69 Å². The Morgan fingerprint density at radius 3 is 1.72 bits per heavy atom. The van der Waals surface area contributed by atoms with Gasteiger partial charge in [0.25, 0.3) is 0 Å². The first-order valence-electron chi connectivity index (χ1n) is 15.7. The van der Waals surface area contributed by atoms with Crippen LogP contribution in [0.5, 0.6) is 0 Å². The summed E-state index contributed by atoms with van der Waals surface area (Å²) in [5, 5.41) is 7.44. The van der Waals surface area contributed by atoms with Crippen LogP contribution in [-0.4, -0.2) is 9.13 Å². The highest BCUT2D eigenvalue weighted by Crippen LogP contribution is 2.47. The molecule has 3 heterocycles. The molecule has 0 saturated carbocycles. The minimum Gasteiger partial charge on any atom is -0.310 e. The molecule has 0 radical (unpaired) electrons. The summed E-state index contributed by atoms with van der Waals surface area (Å²) in [4.78, 5) is 3.86. The molecule has 0 N–H and O–H groups in total. The van der Waals surface area contributed by atoms with Gasteiger partial charge < -0.3 is 9.13 Å². The minimum absolute atomic E-state index is 0.628. The van der Waals surface area contributed by atoms with Crippen LogP contribution < -0.4 is 0 Å². The van der Waals surface area contributed by atoms with Gasteiger partial charge in [-0.3, -0.25) is 0 Å². The largest absolute Gasteiger partial charge is 0.310 e. The van der Waals surface area contributed by atoms with Gasteiger partial charge in [-0.2, -0.15) is 0 Å². The van der Waals surface area contributed by atoms with E-state index in [9.17, 15) is 0 Å². The highest BCUT2D eigenvalue weighted by Gasteiger charge is 2.21. The van der Waals surface area contributed by atoms with Gasteiger partial charge in [0.05, 0.1) is 33.3 Å². The third-order valence-electron chi connectivity index (χ3n) is 9.54. The zero-order valence-corrected chi connectivity index (χ0v) is 26.0. The number of aromatic nitrogens is 2. The molecule has 0 amide bonds. The van der Waals surface area contributed by atoms with Gasteiger partial charge >= 0.3 is 0 Å². The average Bonchev–Trinajstić information content (AvgIpc) is 3.80. The first kappa shape index (κ1) is 26.1. The van der Waals surface area contributed by atoms with Crippen molar-refractivity contribution >= 4 is 80.8 Å². The molecule has 0 unspecified atom stereocenters. The molecule has 7 aromatic carbocycles. The molecule has 10 aromatic rings. The number of thiophene rings is 1. The van der Waals surface area contributed by atoms with Crippen LogP contribution in [0.4, 0.5) is 5.69 Å². The van der Waals surface area contributed by atoms with Crippen LogP contribution in [0.1, 0.15) is 0 Å². The van der Waals surface area contributed by atoms with E-state index in [1.165, 1.54) is 58.3 Å². The third-order valence-corrected chi connectivity index (χ3v) is 10.8. The standard InChI is InChI=1S/C43H25N3S/c1-44-27-22-23-32(40(26-27)46-38-20-9-5-14-29(38)30-15-6-10-21-39(30)46)34-17-11-18-35-36-25-24-33-31-16-7-8-19-37(31)45(28-12-3-2-4-13-28)41(33)43(36)47-42(34)35/h2-26H. The van der Waals surface area contributed by atoms with Gasteiger partial charge in [-0.05, 0) is 36.4 Å². The van der Waals surface area contributed by atoms with Crippen molar-refractivity contribution in [1.82, 2.24) is 9.13 Å². The lowest BCUT2D eigenvalue weighted by Gasteiger charge is -2.15. The van der Waals surface area contributed by atoms with Crippen LogP contribution >= 0.6 is 11.3 Å². The van der Waals surface area contributed by atoms with E-state index in [1.54, 1.807) is 0 Å².